The molecule has 1 aliphatic rings. The quantitative estimate of drug-likeness (QED) is 0.883. The van der Waals surface area contributed by atoms with Crippen LogP contribution < -0.4 is 0 Å². The van der Waals surface area contributed by atoms with Crippen molar-refractivity contribution in [3.63, 3.8) is 0 Å². The van der Waals surface area contributed by atoms with E-state index in [1.54, 1.807) is 12.3 Å². The van der Waals surface area contributed by atoms with E-state index in [1.165, 1.54) is 37.7 Å². The third kappa shape index (κ3) is 2.33. The van der Waals surface area contributed by atoms with Crippen molar-refractivity contribution < 1.29 is 9.90 Å². The number of rotatable bonds is 2. The van der Waals surface area contributed by atoms with Gasteiger partial charge in [0.2, 0.25) is 0 Å². The number of carbonyl (C=O) groups is 1. The van der Waals surface area contributed by atoms with Crippen LogP contribution >= 0.6 is 0 Å². The van der Waals surface area contributed by atoms with Crippen molar-refractivity contribution >= 4 is 16.9 Å². The first-order chi connectivity index (χ1) is 9.25. The van der Waals surface area contributed by atoms with Gasteiger partial charge in [0, 0.05) is 11.6 Å². The van der Waals surface area contributed by atoms with Gasteiger partial charge in [-0.3, -0.25) is 4.98 Å². The van der Waals surface area contributed by atoms with Gasteiger partial charge in [0.25, 0.3) is 0 Å². The first-order valence-electron chi connectivity index (χ1n) is 6.87. The lowest BCUT2D eigenvalue weighted by atomic mass is 9.84. The van der Waals surface area contributed by atoms with E-state index >= 15 is 0 Å². The number of hydrogen-bond donors (Lipinski definition) is 1. The Bertz CT molecular complexity index is 615. The van der Waals surface area contributed by atoms with Crippen molar-refractivity contribution in [1.29, 1.82) is 0 Å². The lowest BCUT2D eigenvalue weighted by Crippen LogP contribution is -2.05. The minimum atomic E-state index is -0.891. The Balaban J connectivity index is 2.04. The molecule has 1 N–H and O–H groups in total. The number of aromatic carboxylic acids is 1. The molecule has 1 saturated carbocycles. The van der Waals surface area contributed by atoms with Crippen LogP contribution in [0.3, 0.4) is 0 Å². The largest absolute Gasteiger partial charge is 0.478 e. The van der Waals surface area contributed by atoms with Gasteiger partial charge in [-0.25, -0.2) is 4.79 Å². The zero-order chi connectivity index (χ0) is 13.2. The monoisotopic (exact) mass is 255 g/mol. The summed E-state index contributed by atoms with van der Waals surface area (Å²) in [4.78, 5) is 15.5. The number of pyridine rings is 1. The van der Waals surface area contributed by atoms with Crippen LogP contribution in [0.15, 0.2) is 30.5 Å². The molecule has 0 bridgehead atoms. The number of aromatic nitrogens is 1. The molecule has 3 rings (SSSR count). The van der Waals surface area contributed by atoms with Gasteiger partial charge in [-0.1, -0.05) is 31.4 Å². The van der Waals surface area contributed by atoms with E-state index in [4.69, 9.17) is 0 Å². The van der Waals surface area contributed by atoms with Gasteiger partial charge >= 0.3 is 5.97 Å². The molecule has 0 amide bonds. The van der Waals surface area contributed by atoms with E-state index in [0.717, 1.165) is 10.9 Å². The summed E-state index contributed by atoms with van der Waals surface area (Å²) in [6.07, 6.45) is 7.99. The Morgan fingerprint density at radius 1 is 1.16 bits per heavy atom. The first-order valence-corrected chi connectivity index (χ1v) is 6.87. The predicted octanol–water partition coefficient (Wildman–Crippen LogP) is 3.98. The number of benzene rings is 1. The standard InChI is InChI=1S/C16H17NO2/c18-16(19)14-8-9-17-15-10-12(6-7-13(14)15)11-4-2-1-3-5-11/h6-11H,1-5H2,(H,18,19). The number of fused-ring (bicyclic) bond motifs is 1. The summed E-state index contributed by atoms with van der Waals surface area (Å²) in [5.41, 5.74) is 2.44. The molecule has 1 aliphatic carbocycles. The van der Waals surface area contributed by atoms with Crippen LogP contribution in [0.1, 0.15) is 53.9 Å². The Morgan fingerprint density at radius 2 is 1.95 bits per heavy atom. The molecular weight excluding hydrogens is 238 g/mol. The summed E-state index contributed by atoms with van der Waals surface area (Å²) in [5.74, 6) is -0.272. The number of carboxylic acid groups (broad SMARTS) is 1. The van der Waals surface area contributed by atoms with Gasteiger partial charge in [-0.15, -0.1) is 0 Å². The number of nitrogens with zero attached hydrogens (tertiary/aromatic N) is 1. The van der Waals surface area contributed by atoms with Crippen molar-refractivity contribution in [3.8, 4) is 0 Å². The molecule has 2 aromatic rings. The maximum absolute atomic E-state index is 11.2. The van der Waals surface area contributed by atoms with Gasteiger partial charge in [0.15, 0.2) is 0 Å². The van der Waals surface area contributed by atoms with Crippen molar-refractivity contribution in [2.24, 2.45) is 0 Å². The highest BCUT2D eigenvalue weighted by molar-refractivity contribution is 6.02. The first kappa shape index (κ1) is 12.2. The maximum Gasteiger partial charge on any atom is 0.336 e. The molecular formula is C16H17NO2. The number of carboxylic acids is 1. The van der Waals surface area contributed by atoms with Gasteiger partial charge in [0.05, 0.1) is 11.1 Å². The lowest BCUT2D eigenvalue weighted by Gasteiger charge is -2.22. The van der Waals surface area contributed by atoms with Crippen molar-refractivity contribution in [1.82, 2.24) is 4.98 Å². The second-order valence-electron chi connectivity index (χ2n) is 5.28. The fourth-order valence-electron chi connectivity index (χ4n) is 3.04. The highest BCUT2D eigenvalue weighted by atomic mass is 16.4. The molecule has 1 heterocycles. The molecule has 3 nitrogen and oxygen atoms in total. The molecule has 0 saturated heterocycles. The van der Waals surface area contributed by atoms with Crippen LogP contribution in [-0.2, 0) is 0 Å². The van der Waals surface area contributed by atoms with Crippen LogP contribution in [0.2, 0.25) is 0 Å². The highest BCUT2D eigenvalue weighted by Crippen LogP contribution is 2.33. The van der Waals surface area contributed by atoms with Crippen LogP contribution in [0, 0.1) is 0 Å². The third-order valence-electron chi connectivity index (χ3n) is 4.07. The Labute approximate surface area is 112 Å². The number of hydrogen-bond acceptors (Lipinski definition) is 2. The SMILES string of the molecule is O=C(O)c1ccnc2cc(C3CCCCC3)ccc12. The molecule has 0 radical (unpaired) electrons. The average molecular weight is 255 g/mol. The average Bonchev–Trinajstić information content (AvgIpc) is 2.47. The molecule has 3 heteroatoms. The Kier molecular flexibility index (Phi) is 3.20. The van der Waals surface area contributed by atoms with Gasteiger partial charge in [0.1, 0.15) is 0 Å². The molecule has 19 heavy (non-hydrogen) atoms. The summed E-state index contributed by atoms with van der Waals surface area (Å²) in [6, 6.07) is 7.62. The van der Waals surface area contributed by atoms with Crippen molar-refractivity contribution in [3.05, 3.63) is 41.6 Å². The van der Waals surface area contributed by atoms with E-state index in [9.17, 15) is 9.90 Å². The van der Waals surface area contributed by atoms with E-state index in [0.29, 0.717) is 11.5 Å². The van der Waals surface area contributed by atoms with Crippen LogP contribution in [0.5, 0.6) is 0 Å². The fourth-order valence-corrected chi connectivity index (χ4v) is 3.04. The van der Waals surface area contributed by atoms with Gasteiger partial charge < -0.3 is 5.11 Å². The maximum atomic E-state index is 11.2. The highest BCUT2D eigenvalue weighted by Gasteiger charge is 2.17. The Morgan fingerprint density at radius 3 is 2.68 bits per heavy atom. The zero-order valence-corrected chi connectivity index (χ0v) is 10.8. The fraction of sp³-hybridized carbons (Fsp3) is 0.375. The van der Waals surface area contributed by atoms with Crippen LogP contribution in [-0.4, -0.2) is 16.1 Å². The lowest BCUT2D eigenvalue weighted by molar-refractivity contribution is 0.0699. The summed E-state index contributed by atoms with van der Waals surface area (Å²) >= 11 is 0. The molecule has 1 aromatic heterocycles. The second kappa shape index (κ2) is 5.00. The summed E-state index contributed by atoms with van der Waals surface area (Å²) in [6.45, 7) is 0. The predicted molar refractivity (Wildman–Crippen MR) is 74.5 cm³/mol. The molecule has 1 aromatic carbocycles. The van der Waals surface area contributed by atoms with E-state index < -0.39 is 5.97 Å². The Hall–Kier alpha value is -1.90. The zero-order valence-electron chi connectivity index (χ0n) is 10.8. The third-order valence-corrected chi connectivity index (χ3v) is 4.07. The van der Waals surface area contributed by atoms with Crippen LogP contribution in [0.25, 0.3) is 10.9 Å². The minimum Gasteiger partial charge on any atom is -0.478 e. The summed E-state index contributed by atoms with van der Waals surface area (Å²) < 4.78 is 0. The molecule has 0 spiro atoms. The van der Waals surface area contributed by atoms with Gasteiger partial charge in [-0.2, -0.15) is 0 Å². The van der Waals surface area contributed by atoms with Crippen molar-refractivity contribution in [2.45, 2.75) is 38.0 Å². The normalized spacial score (nSPS) is 16.6. The topological polar surface area (TPSA) is 50.2 Å². The summed E-state index contributed by atoms with van der Waals surface area (Å²) in [7, 11) is 0. The van der Waals surface area contributed by atoms with E-state index in [-0.39, 0.29) is 0 Å². The molecule has 0 atom stereocenters. The minimum absolute atomic E-state index is 0.334. The van der Waals surface area contributed by atoms with E-state index in [2.05, 4.69) is 17.1 Å². The molecule has 98 valence electrons. The second-order valence-corrected chi connectivity index (χ2v) is 5.28. The van der Waals surface area contributed by atoms with Crippen molar-refractivity contribution in [2.75, 3.05) is 0 Å². The molecule has 0 aliphatic heterocycles. The van der Waals surface area contributed by atoms with Gasteiger partial charge in [-0.05, 0) is 36.5 Å². The smallest absolute Gasteiger partial charge is 0.336 e. The summed E-state index contributed by atoms with van der Waals surface area (Å²) in [5, 5.41) is 9.90. The van der Waals surface area contributed by atoms with E-state index in [1.807, 2.05) is 6.07 Å². The molecule has 1 fully saturated rings. The van der Waals surface area contributed by atoms with Crippen LogP contribution in [0.4, 0.5) is 0 Å². The molecule has 0 unspecified atom stereocenters.